The topological polar surface area (TPSA) is 33.7 Å². The molecule has 0 aromatic heterocycles. The molecular weight excluding hydrogens is 276 g/mol. The van der Waals surface area contributed by atoms with Crippen LogP contribution in [0.4, 0.5) is 0 Å². The van der Waals surface area contributed by atoms with Gasteiger partial charge in [0.1, 0.15) is 0 Å². The van der Waals surface area contributed by atoms with E-state index in [0.29, 0.717) is 0 Å². The molecule has 1 aromatic carbocycles. The summed E-state index contributed by atoms with van der Waals surface area (Å²) in [6.45, 7) is 4.59. The fourth-order valence-electron chi connectivity index (χ4n) is 3.19. The Morgan fingerprint density at radius 3 is 2.41 bits per heavy atom. The molecule has 22 heavy (non-hydrogen) atoms. The van der Waals surface area contributed by atoms with Gasteiger partial charge in [0.15, 0.2) is 11.5 Å². The maximum atomic E-state index is 5.39. The maximum absolute atomic E-state index is 5.39. The molecule has 3 rings (SSSR count). The second-order valence-corrected chi connectivity index (χ2v) is 6.59. The maximum Gasteiger partial charge on any atom is 0.161 e. The van der Waals surface area contributed by atoms with Crippen molar-refractivity contribution in [2.75, 3.05) is 33.9 Å². The van der Waals surface area contributed by atoms with Crippen molar-refractivity contribution in [3.8, 4) is 11.5 Å². The summed E-state index contributed by atoms with van der Waals surface area (Å²) < 4.78 is 10.7. The van der Waals surface area contributed by atoms with E-state index in [0.717, 1.165) is 30.0 Å². The number of hydrogen-bond acceptors (Lipinski definition) is 4. The van der Waals surface area contributed by atoms with Crippen LogP contribution in [-0.2, 0) is 6.54 Å². The molecule has 0 unspecified atom stereocenters. The number of methoxy groups -OCH3 is 2. The third-order valence-electron chi connectivity index (χ3n) is 4.83. The fraction of sp³-hybridized carbons (Fsp3) is 0.667. The lowest BCUT2D eigenvalue weighted by atomic mass is 10.0. The number of piperidine rings is 1. The molecule has 122 valence electrons. The van der Waals surface area contributed by atoms with Crippen molar-refractivity contribution in [1.82, 2.24) is 10.2 Å². The Morgan fingerprint density at radius 2 is 1.77 bits per heavy atom. The first-order valence-corrected chi connectivity index (χ1v) is 8.45. The number of nitrogens with zero attached hydrogens (tertiary/aromatic N) is 1. The van der Waals surface area contributed by atoms with Gasteiger partial charge in [-0.15, -0.1) is 0 Å². The van der Waals surface area contributed by atoms with E-state index >= 15 is 0 Å². The van der Waals surface area contributed by atoms with Crippen molar-refractivity contribution >= 4 is 0 Å². The van der Waals surface area contributed by atoms with Crippen molar-refractivity contribution in [3.63, 3.8) is 0 Å². The smallest absolute Gasteiger partial charge is 0.161 e. The van der Waals surface area contributed by atoms with Gasteiger partial charge in [0.25, 0.3) is 0 Å². The summed E-state index contributed by atoms with van der Waals surface area (Å²) in [4.78, 5) is 2.54. The first kappa shape index (κ1) is 15.6. The highest BCUT2D eigenvalue weighted by Gasteiger charge is 2.24. The van der Waals surface area contributed by atoms with Crippen molar-refractivity contribution < 1.29 is 9.47 Å². The van der Waals surface area contributed by atoms with Crippen LogP contribution in [-0.4, -0.2) is 44.8 Å². The van der Waals surface area contributed by atoms with Gasteiger partial charge >= 0.3 is 0 Å². The molecule has 1 aromatic rings. The lowest BCUT2D eigenvalue weighted by Crippen LogP contribution is -2.42. The number of benzene rings is 1. The van der Waals surface area contributed by atoms with Crippen molar-refractivity contribution in [1.29, 1.82) is 0 Å². The zero-order chi connectivity index (χ0) is 15.4. The van der Waals surface area contributed by atoms with E-state index in [2.05, 4.69) is 22.3 Å². The van der Waals surface area contributed by atoms with Crippen LogP contribution in [0, 0.1) is 5.92 Å². The fourth-order valence-corrected chi connectivity index (χ4v) is 3.19. The minimum absolute atomic E-state index is 0.724. The molecule has 1 saturated carbocycles. The molecule has 0 bridgehead atoms. The Labute approximate surface area is 133 Å². The summed E-state index contributed by atoms with van der Waals surface area (Å²) in [5, 5.41) is 3.74. The normalized spacial score (nSPS) is 20.1. The zero-order valence-electron chi connectivity index (χ0n) is 13.8. The summed E-state index contributed by atoms with van der Waals surface area (Å²) in [6, 6.07) is 6.95. The van der Waals surface area contributed by atoms with E-state index in [1.807, 2.05) is 6.07 Å². The van der Waals surface area contributed by atoms with E-state index in [4.69, 9.17) is 9.47 Å². The molecule has 4 nitrogen and oxygen atoms in total. The van der Waals surface area contributed by atoms with Crippen LogP contribution in [0.3, 0.4) is 0 Å². The summed E-state index contributed by atoms with van der Waals surface area (Å²) in [5.41, 5.74) is 1.29. The molecule has 1 N–H and O–H groups in total. The van der Waals surface area contributed by atoms with Crippen molar-refractivity contribution in [2.45, 2.75) is 38.3 Å². The number of ether oxygens (including phenoxy) is 2. The number of nitrogens with one attached hydrogen (secondary N) is 1. The van der Waals surface area contributed by atoms with E-state index in [1.165, 1.54) is 50.9 Å². The lowest BCUT2D eigenvalue weighted by Gasteiger charge is -2.32. The van der Waals surface area contributed by atoms with Crippen LogP contribution >= 0.6 is 0 Å². The standard InChI is InChI=1S/C18H28N2O2/c1-21-17-6-5-15(11-18(17)22-2)13-20-9-7-16(8-10-20)19-12-14-3-4-14/h5-6,11,14,16,19H,3-4,7-10,12-13H2,1-2H3. The Kier molecular flexibility index (Phi) is 5.21. The quantitative estimate of drug-likeness (QED) is 0.840. The average molecular weight is 304 g/mol. The monoisotopic (exact) mass is 304 g/mol. The molecule has 1 saturated heterocycles. The van der Waals surface area contributed by atoms with Gasteiger partial charge in [-0.3, -0.25) is 4.90 Å². The number of likely N-dealkylation sites (tertiary alicyclic amines) is 1. The van der Waals surface area contributed by atoms with Crippen LogP contribution in [0.5, 0.6) is 11.5 Å². The summed E-state index contributed by atoms with van der Waals surface area (Å²) in [6.07, 6.45) is 5.40. The molecule has 1 aliphatic carbocycles. The van der Waals surface area contributed by atoms with Gasteiger partial charge in [0, 0.05) is 12.6 Å². The number of rotatable bonds is 7. The highest BCUT2D eigenvalue weighted by molar-refractivity contribution is 5.42. The number of hydrogen-bond donors (Lipinski definition) is 1. The third kappa shape index (κ3) is 4.14. The second kappa shape index (κ2) is 7.34. The SMILES string of the molecule is COc1ccc(CN2CCC(NCC3CC3)CC2)cc1OC. The van der Waals surface area contributed by atoms with Gasteiger partial charge in [-0.05, 0) is 68.9 Å². The molecule has 2 aliphatic rings. The Balaban J connectivity index is 1.47. The van der Waals surface area contributed by atoms with Crippen molar-refractivity contribution in [3.05, 3.63) is 23.8 Å². The predicted molar refractivity (Wildman–Crippen MR) is 88.6 cm³/mol. The van der Waals surface area contributed by atoms with Crippen LogP contribution in [0.15, 0.2) is 18.2 Å². The minimum atomic E-state index is 0.724. The molecule has 4 heteroatoms. The van der Waals surface area contributed by atoms with E-state index in [1.54, 1.807) is 14.2 Å². The van der Waals surface area contributed by atoms with Gasteiger partial charge in [0.05, 0.1) is 14.2 Å². The molecule has 0 spiro atoms. The van der Waals surface area contributed by atoms with Gasteiger partial charge in [0.2, 0.25) is 0 Å². The van der Waals surface area contributed by atoms with Gasteiger partial charge < -0.3 is 14.8 Å². The summed E-state index contributed by atoms with van der Waals surface area (Å²) >= 11 is 0. The molecular formula is C18H28N2O2. The highest BCUT2D eigenvalue weighted by Crippen LogP contribution is 2.29. The van der Waals surface area contributed by atoms with Gasteiger partial charge in [-0.2, -0.15) is 0 Å². The lowest BCUT2D eigenvalue weighted by molar-refractivity contribution is 0.190. The van der Waals surface area contributed by atoms with Crippen molar-refractivity contribution in [2.24, 2.45) is 5.92 Å². The van der Waals surface area contributed by atoms with Crippen LogP contribution in [0.25, 0.3) is 0 Å². The Hall–Kier alpha value is -1.26. The first-order valence-electron chi connectivity index (χ1n) is 8.45. The van der Waals surface area contributed by atoms with E-state index < -0.39 is 0 Å². The molecule has 1 heterocycles. The van der Waals surface area contributed by atoms with Crippen LogP contribution < -0.4 is 14.8 Å². The van der Waals surface area contributed by atoms with Crippen LogP contribution in [0.1, 0.15) is 31.2 Å². The predicted octanol–water partition coefficient (Wildman–Crippen LogP) is 2.67. The van der Waals surface area contributed by atoms with Gasteiger partial charge in [-0.25, -0.2) is 0 Å². The third-order valence-corrected chi connectivity index (χ3v) is 4.83. The Morgan fingerprint density at radius 1 is 1.05 bits per heavy atom. The zero-order valence-corrected chi connectivity index (χ0v) is 13.8. The molecule has 0 amide bonds. The highest BCUT2D eigenvalue weighted by atomic mass is 16.5. The average Bonchev–Trinajstić information content (AvgIpc) is 3.38. The molecule has 0 atom stereocenters. The first-order chi connectivity index (χ1) is 10.8. The van der Waals surface area contributed by atoms with E-state index in [-0.39, 0.29) is 0 Å². The molecule has 1 aliphatic heterocycles. The summed E-state index contributed by atoms with van der Waals surface area (Å²) in [7, 11) is 3.37. The minimum Gasteiger partial charge on any atom is -0.493 e. The second-order valence-electron chi connectivity index (χ2n) is 6.59. The van der Waals surface area contributed by atoms with E-state index in [9.17, 15) is 0 Å². The Bertz CT molecular complexity index is 480. The largest absolute Gasteiger partial charge is 0.493 e. The molecule has 0 radical (unpaired) electrons. The van der Waals surface area contributed by atoms with Gasteiger partial charge in [-0.1, -0.05) is 6.07 Å². The van der Waals surface area contributed by atoms with Crippen LogP contribution in [0.2, 0.25) is 0 Å². The summed E-state index contributed by atoms with van der Waals surface area (Å²) in [5.74, 6) is 2.60. The molecule has 2 fully saturated rings.